The summed E-state index contributed by atoms with van der Waals surface area (Å²) < 4.78 is 22.9. The third-order valence-corrected chi connectivity index (χ3v) is 17.2. The maximum Gasteiger partial charge on any atom is 0.220 e. The predicted molar refractivity (Wildman–Crippen MR) is 350 cm³/mol. The summed E-state index contributed by atoms with van der Waals surface area (Å²) in [6.45, 7) is 2.75. The minimum Gasteiger partial charge on any atom is -0.394 e. The Hall–Kier alpha value is -2.31. The molecule has 0 aromatic rings. The Balaban J connectivity index is 1.64. The molecule has 1 amide bonds. The van der Waals surface area contributed by atoms with E-state index in [4.69, 9.17) is 18.9 Å². The molecule has 14 heteroatoms. The van der Waals surface area contributed by atoms with Gasteiger partial charge in [0.2, 0.25) is 5.91 Å². The van der Waals surface area contributed by atoms with E-state index in [1.807, 2.05) is 0 Å². The van der Waals surface area contributed by atoms with Crippen LogP contribution < -0.4 is 5.32 Å². The van der Waals surface area contributed by atoms with Crippen LogP contribution in [0.1, 0.15) is 296 Å². The Kier molecular flexibility index (Phi) is 52.6. The Bertz CT molecular complexity index is 1670. The average Bonchev–Trinajstić information content (AvgIpc) is 2.46. The summed E-state index contributed by atoms with van der Waals surface area (Å²) in [6.07, 6.45) is 58.2. The molecular formula is C72H131NO13. The molecule has 0 aromatic carbocycles. The molecule has 0 aliphatic carbocycles. The molecule has 2 rings (SSSR count). The predicted octanol–water partition coefficient (Wildman–Crippen LogP) is 14.5. The van der Waals surface area contributed by atoms with Crippen molar-refractivity contribution in [2.45, 2.75) is 370 Å². The highest BCUT2D eigenvalue weighted by molar-refractivity contribution is 5.76. The second-order valence-corrected chi connectivity index (χ2v) is 25.0. The van der Waals surface area contributed by atoms with E-state index < -0.39 is 86.8 Å². The van der Waals surface area contributed by atoms with Crippen molar-refractivity contribution in [2.24, 2.45) is 0 Å². The standard InChI is InChI=1S/C72H131NO13/c1-3-5-7-9-11-13-15-17-19-21-23-24-25-26-27-28-29-30-31-32-33-34-35-36-38-39-41-43-45-47-49-51-53-55-61(76)60(73-64(77)56-54-52-50-48-46-44-42-40-37-22-20-18-16-14-12-10-8-6-4-2)59-83-71-69(82)67(80)70(63(58-75)85-71)86-72-68(81)66(79)65(78)62(57-74)84-72/h6,8,12,14,18,20,37,40,44,46,60-63,65-72,74-76,78-82H,3-5,7,9-11,13,15-17,19,21-36,38-39,41-43,45,47-59H2,1-2H3,(H,73,77)/b8-6-,14-12-,20-18-,40-37-,46-44-. The summed E-state index contributed by atoms with van der Waals surface area (Å²) in [5.74, 6) is -0.236. The van der Waals surface area contributed by atoms with Gasteiger partial charge in [-0.2, -0.15) is 0 Å². The Morgan fingerprint density at radius 1 is 0.430 bits per heavy atom. The molecule has 12 atom stereocenters. The van der Waals surface area contributed by atoms with E-state index in [1.54, 1.807) is 0 Å². The highest BCUT2D eigenvalue weighted by atomic mass is 16.7. The van der Waals surface area contributed by atoms with Gasteiger partial charge < -0.3 is 65.1 Å². The van der Waals surface area contributed by atoms with E-state index >= 15 is 0 Å². The average molecular weight is 1220 g/mol. The number of carbonyl (C=O) groups excluding carboxylic acids is 1. The van der Waals surface area contributed by atoms with E-state index in [-0.39, 0.29) is 18.9 Å². The molecule has 86 heavy (non-hydrogen) atoms. The molecule has 0 bridgehead atoms. The van der Waals surface area contributed by atoms with Crippen molar-refractivity contribution in [3.05, 3.63) is 60.8 Å². The molecule has 2 aliphatic heterocycles. The van der Waals surface area contributed by atoms with Gasteiger partial charge in [-0.3, -0.25) is 4.79 Å². The molecule has 2 aliphatic rings. The maximum atomic E-state index is 13.3. The molecular weight excluding hydrogens is 1090 g/mol. The summed E-state index contributed by atoms with van der Waals surface area (Å²) in [4.78, 5) is 13.3. The summed E-state index contributed by atoms with van der Waals surface area (Å²) in [5, 5.41) is 87.5. The van der Waals surface area contributed by atoms with E-state index in [0.717, 1.165) is 77.0 Å². The lowest BCUT2D eigenvalue weighted by Gasteiger charge is -2.46. The Morgan fingerprint density at radius 3 is 1.22 bits per heavy atom. The van der Waals surface area contributed by atoms with E-state index in [0.29, 0.717) is 12.8 Å². The zero-order valence-corrected chi connectivity index (χ0v) is 54.6. The van der Waals surface area contributed by atoms with Gasteiger partial charge in [0.15, 0.2) is 12.6 Å². The summed E-state index contributed by atoms with van der Waals surface area (Å²) in [7, 11) is 0. The highest BCUT2D eigenvalue weighted by Crippen LogP contribution is 2.30. The molecule has 0 saturated carbocycles. The number of aliphatic hydroxyl groups excluding tert-OH is 8. The van der Waals surface area contributed by atoms with E-state index in [9.17, 15) is 45.6 Å². The topological polar surface area (TPSA) is 228 Å². The van der Waals surface area contributed by atoms with Crippen molar-refractivity contribution >= 4 is 5.91 Å². The lowest BCUT2D eigenvalue weighted by molar-refractivity contribution is -0.359. The van der Waals surface area contributed by atoms with Crippen LogP contribution in [-0.4, -0.2) is 140 Å². The number of hydrogen-bond donors (Lipinski definition) is 9. The SMILES string of the molecule is CC/C=C\C/C=C\C/C=C\C/C=C\C/C=C\CCCCCC(=O)NC(COC1OC(CO)C(OC2OC(CO)C(O)C(O)C2O)C(O)C1O)C(O)CCCCCCCCCCCCCCCCCCCCCCCCCCCCCCCCCCC. The second kappa shape index (κ2) is 56.7. The lowest BCUT2D eigenvalue weighted by Crippen LogP contribution is -2.65. The molecule has 9 N–H and O–H groups in total. The van der Waals surface area contributed by atoms with Gasteiger partial charge in [0, 0.05) is 6.42 Å². The van der Waals surface area contributed by atoms with Crippen LogP contribution in [0.5, 0.6) is 0 Å². The molecule has 2 saturated heterocycles. The van der Waals surface area contributed by atoms with E-state index in [1.165, 1.54) is 186 Å². The smallest absolute Gasteiger partial charge is 0.220 e. The van der Waals surface area contributed by atoms with Crippen LogP contribution in [0.15, 0.2) is 60.8 Å². The molecule has 502 valence electrons. The minimum atomic E-state index is -1.79. The minimum absolute atomic E-state index is 0.236. The van der Waals surface area contributed by atoms with Gasteiger partial charge in [-0.05, 0) is 57.8 Å². The third-order valence-electron chi connectivity index (χ3n) is 17.2. The fourth-order valence-electron chi connectivity index (χ4n) is 11.6. The first kappa shape index (κ1) is 79.8. The first-order valence-corrected chi connectivity index (χ1v) is 35.5. The number of hydrogen-bond acceptors (Lipinski definition) is 13. The van der Waals surface area contributed by atoms with Gasteiger partial charge in [-0.15, -0.1) is 0 Å². The lowest BCUT2D eigenvalue weighted by atomic mass is 9.97. The zero-order chi connectivity index (χ0) is 62.3. The first-order valence-electron chi connectivity index (χ1n) is 35.5. The van der Waals surface area contributed by atoms with Gasteiger partial charge in [0.05, 0.1) is 32.0 Å². The number of carbonyl (C=O) groups is 1. The van der Waals surface area contributed by atoms with Gasteiger partial charge in [-0.1, -0.05) is 293 Å². The highest BCUT2D eigenvalue weighted by Gasteiger charge is 2.51. The number of unbranched alkanes of at least 4 members (excludes halogenated alkanes) is 35. The van der Waals surface area contributed by atoms with Gasteiger partial charge in [0.25, 0.3) is 0 Å². The molecule has 12 unspecified atom stereocenters. The fraction of sp³-hybridized carbons (Fsp3) is 0.847. The second-order valence-electron chi connectivity index (χ2n) is 25.0. The number of ether oxygens (including phenoxy) is 4. The normalized spacial score (nSPS) is 23.7. The zero-order valence-electron chi connectivity index (χ0n) is 54.6. The van der Waals surface area contributed by atoms with Crippen LogP contribution in [0.25, 0.3) is 0 Å². The van der Waals surface area contributed by atoms with Crippen LogP contribution in [0.3, 0.4) is 0 Å². The molecule has 2 heterocycles. The van der Waals surface area contributed by atoms with Crippen LogP contribution in [0, 0.1) is 0 Å². The van der Waals surface area contributed by atoms with Crippen molar-refractivity contribution in [3.8, 4) is 0 Å². The largest absolute Gasteiger partial charge is 0.394 e. The van der Waals surface area contributed by atoms with Gasteiger partial charge in [0.1, 0.15) is 48.8 Å². The van der Waals surface area contributed by atoms with Crippen molar-refractivity contribution in [3.63, 3.8) is 0 Å². The van der Waals surface area contributed by atoms with Crippen LogP contribution in [0.4, 0.5) is 0 Å². The van der Waals surface area contributed by atoms with Crippen molar-refractivity contribution in [1.29, 1.82) is 0 Å². The molecule has 0 radical (unpaired) electrons. The summed E-state index contributed by atoms with van der Waals surface area (Å²) in [5.41, 5.74) is 0. The number of aliphatic hydroxyl groups is 8. The number of allylic oxidation sites excluding steroid dienone is 10. The molecule has 2 fully saturated rings. The van der Waals surface area contributed by atoms with Crippen LogP contribution >= 0.6 is 0 Å². The maximum absolute atomic E-state index is 13.3. The van der Waals surface area contributed by atoms with Crippen molar-refractivity contribution in [2.75, 3.05) is 19.8 Å². The quantitative estimate of drug-likeness (QED) is 0.0204. The molecule has 14 nitrogen and oxygen atoms in total. The third kappa shape index (κ3) is 40.4. The van der Waals surface area contributed by atoms with Crippen LogP contribution in [0.2, 0.25) is 0 Å². The monoisotopic (exact) mass is 1220 g/mol. The molecule has 0 spiro atoms. The first-order chi connectivity index (χ1) is 42.1. The van der Waals surface area contributed by atoms with Crippen molar-refractivity contribution in [1.82, 2.24) is 5.32 Å². The van der Waals surface area contributed by atoms with E-state index in [2.05, 4.69) is 79.9 Å². The number of nitrogens with one attached hydrogen (secondary N) is 1. The van der Waals surface area contributed by atoms with Crippen LogP contribution in [-0.2, 0) is 23.7 Å². The number of rotatable bonds is 58. The fourth-order valence-corrected chi connectivity index (χ4v) is 11.6. The summed E-state index contributed by atoms with van der Waals surface area (Å²) >= 11 is 0. The van der Waals surface area contributed by atoms with Crippen molar-refractivity contribution < 1.29 is 64.6 Å². The summed E-state index contributed by atoms with van der Waals surface area (Å²) in [6, 6.07) is -0.851. The Morgan fingerprint density at radius 2 is 0.802 bits per heavy atom. The van der Waals surface area contributed by atoms with Gasteiger partial charge in [-0.25, -0.2) is 0 Å². The molecule has 0 aromatic heterocycles. The number of amides is 1. The van der Waals surface area contributed by atoms with Gasteiger partial charge >= 0.3 is 0 Å². The Labute approximate surface area is 524 Å².